The Balaban J connectivity index is 1.71. The lowest BCUT2D eigenvalue weighted by atomic mass is 10.1. The smallest absolute Gasteiger partial charge is 0.191 e. The molecule has 1 unspecified atom stereocenters. The van der Waals surface area contributed by atoms with Crippen molar-refractivity contribution < 1.29 is 14.2 Å². The fraction of sp³-hybridized carbons (Fsp3) is 0.696. The van der Waals surface area contributed by atoms with Crippen molar-refractivity contribution in [3.05, 3.63) is 35.4 Å². The second kappa shape index (κ2) is 12.8. The second-order valence-corrected chi connectivity index (χ2v) is 8.41. The highest BCUT2D eigenvalue weighted by Gasteiger charge is 2.15. The number of hydrogen-bond donors (Lipinski definition) is 2. The molecule has 1 aliphatic heterocycles. The van der Waals surface area contributed by atoms with Crippen LogP contribution in [0.2, 0.25) is 0 Å². The van der Waals surface area contributed by atoms with Gasteiger partial charge in [0.15, 0.2) is 5.96 Å². The molecule has 0 spiro atoms. The molecule has 1 aliphatic rings. The first-order valence-electron chi connectivity index (χ1n) is 10.9. The monoisotopic (exact) mass is 405 g/mol. The van der Waals surface area contributed by atoms with E-state index in [2.05, 4.69) is 62.6 Å². The van der Waals surface area contributed by atoms with E-state index < -0.39 is 0 Å². The fourth-order valence-corrected chi connectivity index (χ4v) is 3.00. The molecule has 164 valence electrons. The molecule has 29 heavy (non-hydrogen) atoms. The molecular weight excluding hydrogens is 366 g/mol. The largest absolute Gasteiger partial charge is 0.379 e. The summed E-state index contributed by atoms with van der Waals surface area (Å²) >= 11 is 0. The van der Waals surface area contributed by atoms with Crippen LogP contribution in [-0.4, -0.2) is 50.6 Å². The van der Waals surface area contributed by atoms with E-state index in [4.69, 9.17) is 19.2 Å². The van der Waals surface area contributed by atoms with Crippen LogP contribution < -0.4 is 10.6 Å². The van der Waals surface area contributed by atoms with Gasteiger partial charge < -0.3 is 24.8 Å². The summed E-state index contributed by atoms with van der Waals surface area (Å²) in [7, 11) is 0. The number of ether oxygens (including phenoxy) is 3. The number of benzene rings is 1. The highest BCUT2D eigenvalue weighted by atomic mass is 16.5. The van der Waals surface area contributed by atoms with Crippen molar-refractivity contribution in [1.29, 1.82) is 0 Å². The molecule has 0 amide bonds. The lowest BCUT2D eigenvalue weighted by Crippen LogP contribution is -2.38. The molecule has 2 rings (SSSR count). The summed E-state index contributed by atoms with van der Waals surface area (Å²) in [4.78, 5) is 4.71. The molecule has 2 N–H and O–H groups in total. The summed E-state index contributed by atoms with van der Waals surface area (Å²) < 4.78 is 17.1. The number of guanidine groups is 1. The predicted octanol–water partition coefficient (Wildman–Crippen LogP) is 3.64. The zero-order chi connectivity index (χ0) is 21.0. The lowest BCUT2D eigenvalue weighted by Gasteiger charge is -2.19. The molecule has 1 aromatic carbocycles. The summed E-state index contributed by atoms with van der Waals surface area (Å²) in [6.07, 6.45) is 3.52. The van der Waals surface area contributed by atoms with E-state index in [1.807, 2.05) is 0 Å². The van der Waals surface area contributed by atoms with E-state index in [1.165, 1.54) is 11.1 Å². The van der Waals surface area contributed by atoms with Gasteiger partial charge in [0, 0.05) is 26.3 Å². The SMILES string of the molecule is CCNC(=NCc1cccc(COC(C)(C)C)c1)NCCCOCC1CCCO1. The molecule has 1 fully saturated rings. The Bertz CT molecular complexity index is 608. The maximum Gasteiger partial charge on any atom is 0.191 e. The van der Waals surface area contributed by atoms with E-state index in [0.717, 1.165) is 51.5 Å². The van der Waals surface area contributed by atoms with E-state index in [1.54, 1.807) is 0 Å². The van der Waals surface area contributed by atoms with Gasteiger partial charge in [-0.25, -0.2) is 4.99 Å². The Morgan fingerprint density at radius 3 is 2.79 bits per heavy atom. The van der Waals surface area contributed by atoms with E-state index in [0.29, 0.717) is 25.9 Å². The Morgan fingerprint density at radius 1 is 1.24 bits per heavy atom. The van der Waals surface area contributed by atoms with Crippen LogP contribution in [0.5, 0.6) is 0 Å². The molecule has 1 aromatic rings. The number of nitrogens with one attached hydrogen (secondary N) is 2. The summed E-state index contributed by atoms with van der Waals surface area (Å²) in [5.74, 6) is 0.836. The van der Waals surface area contributed by atoms with Gasteiger partial charge in [-0.1, -0.05) is 24.3 Å². The third-order valence-electron chi connectivity index (χ3n) is 4.51. The Hall–Kier alpha value is -1.63. The topological polar surface area (TPSA) is 64.1 Å². The van der Waals surface area contributed by atoms with E-state index >= 15 is 0 Å². The molecule has 0 aliphatic carbocycles. The molecule has 0 saturated carbocycles. The minimum atomic E-state index is -0.135. The van der Waals surface area contributed by atoms with Gasteiger partial charge in [-0.2, -0.15) is 0 Å². The Labute approximate surface area is 176 Å². The van der Waals surface area contributed by atoms with Crippen LogP contribution in [0, 0.1) is 0 Å². The van der Waals surface area contributed by atoms with E-state index in [-0.39, 0.29) is 5.60 Å². The van der Waals surface area contributed by atoms with Gasteiger partial charge in [0.2, 0.25) is 0 Å². The van der Waals surface area contributed by atoms with Crippen molar-refractivity contribution >= 4 is 5.96 Å². The van der Waals surface area contributed by atoms with Crippen molar-refractivity contribution in [3.8, 4) is 0 Å². The lowest BCUT2D eigenvalue weighted by molar-refractivity contribution is -0.0149. The fourth-order valence-electron chi connectivity index (χ4n) is 3.00. The first-order chi connectivity index (χ1) is 14.0. The highest BCUT2D eigenvalue weighted by molar-refractivity contribution is 5.79. The Morgan fingerprint density at radius 2 is 2.07 bits per heavy atom. The molecule has 1 saturated heterocycles. The zero-order valence-corrected chi connectivity index (χ0v) is 18.6. The van der Waals surface area contributed by atoms with E-state index in [9.17, 15) is 0 Å². The minimum absolute atomic E-state index is 0.135. The standard InChI is InChI=1S/C23H39N3O3/c1-5-24-22(25-12-8-13-27-18-21-11-7-14-28-21)26-16-19-9-6-10-20(15-19)17-29-23(2,3)4/h6,9-10,15,21H,5,7-8,11-14,16-18H2,1-4H3,(H2,24,25,26). The molecule has 1 atom stereocenters. The summed E-state index contributed by atoms with van der Waals surface area (Å²) in [5.41, 5.74) is 2.22. The number of aliphatic imine (C=N–C) groups is 1. The second-order valence-electron chi connectivity index (χ2n) is 8.41. The zero-order valence-electron chi connectivity index (χ0n) is 18.6. The van der Waals surface area contributed by atoms with Crippen molar-refractivity contribution in [2.45, 2.75) is 71.8 Å². The normalized spacial score (nSPS) is 17.5. The van der Waals surface area contributed by atoms with Crippen LogP contribution in [0.1, 0.15) is 58.1 Å². The van der Waals surface area contributed by atoms with Gasteiger partial charge in [-0.05, 0) is 58.1 Å². The summed E-state index contributed by atoms with van der Waals surface area (Å²) in [6.45, 7) is 13.5. The first kappa shape index (κ1) is 23.6. The highest BCUT2D eigenvalue weighted by Crippen LogP contribution is 2.14. The number of rotatable bonds is 11. The average molecular weight is 406 g/mol. The molecule has 6 nitrogen and oxygen atoms in total. The molecule has 0 radical (unpaired) electrons. The van der Waals surface area contributed by atoms with Crippen LogP contribution >= 0.6 is 0 Å². The van der Waals surface area contributed by atoms with Crippen molar-refractivity contribution in [2.75, 3.05) is 32.9 Å². The van der Waals surface area contributed by atoms with Crippen molar-refractivity contribution in [1.82, 2.24) is 10.6 Å². The van der Waals surface area contributed by atoms with Crippen LogP contribution in [0.4, 0.5) is 0 Å². The van der Waals surface area contributed by atoms with Crippen LogP contribution in [0.15, 0.2) is 29.3 Å². The van der Waals surface area contributed by atoms with Crippen LogP contribution in [0.25, 0.3) is 0 Å². The first-order valence-corrected chi connectivity index (χ1v) is 10.9. The minimum Gasteiger partial charge on any atom is -0.379 e. The van der Waals surface area contributed by atoms with Gasteiger partial charge in [-0.3, -0.25) is 0 Å². The molecule has 0 aromatic heterocycles. The van der Waals surface area contributed by atoms with Gasteiger partial charge in [0.1, 0.15) is 0 Å². The van der Waals surface area contributed by atoms with Crippen molar-refractivity contribution in [2.24, 2.45) is 4.99 Å². The van der Waals surface area contributed by atoms with Gasteiger partial charge in [0.05, 0.1) is 31.5 Å². The third kappa shape index (κ3) is 10.6. The Kier molecular flexibility index (Phi) is 10.5. The molecular formula is C23H39N3O3. The number of hydrogen-bond acceptors (Lipinski definition) is 4. The molecule has 6 heteroatoms. The molecule has 0 bridgehead atoms. The third-order valence-corrected chi connectivity index (χ3v) is 4.51. The summed E-state index contributed by atoms with van der Waals surface area (Å²) in [6, 6.07) is 8.43. The van der Waals surface area contributed by atoms with Gasteiger partial charge in [-0.15, -0.1) is 0 Å². The summed E-state index contributed by atoms with van der Waals surface area (Å²) in [5, 5.41) is 6.68. The van der Waals surface area contributed by atoms with Crippen molar-refractivity contribution in [3.63, 3.8) is 0 Å². The average Bonchev–Trinajstić information content (AvgIpc) is 3.20. The maximum atomic E-state index is 5.87. The predicted molar refractivity (Wildman–Crippen MR) is 118 cm³/mol. The maximum absolute atomic E-state index is 5.87. The number of nitrogens with zero attached hydrogens (tertiary/aromatic N) is 1. The quantitative estimate of drug-likeness (QED) is 0.334. The van der Waals surface area contributed by atoms with Gasteiger partial charge >= 0.3 is 0 Å². The molecule has 1 heterocycles. The van der Waals surface area contributed by atoms with Crippen LogP contribution in [-0.2, 0) is 27.4 Å². The van der Waals surface area contributed by atoms with Crippen LogP contribution in [0.3, 0.4) is 0 Å². The van der Waals surface area contributed by atoms with Gasteiger partial charge in [0.25, 0.3) is 0 Å².